The molecular formula is C18H27F3N2O. The number of rotatable bonds is 7. The van der Waals surface area contributed by atoms with Crippen LogP contribution in [0.4, 0.5) is 13.2 Å². The molecule has 6 heteroatoms. The minimum Gasteiger partial charge on any atom is -0.383 e. The van der Waals surface area contributed by atoms with Crippen molar-refractivity contribution in [1.82, 2.24) is 9.80 Å². The molecule has 1 fully saturated rings. The van der Waals surface area contributed by atoms with Gasteiger partial charge in [0, 0.05) is 46.4 Å². The van der Waals surface area contributed by atoms with Crippen LogP contribution in [0.15, 0.2) is 18.2 Å². The van der Waals surface area contributed by atoms with Crippen molar-refractivity contribution in [2.24, 2.45) is 0 Å². The van der Waals surface area contributed by atoms with E-state index >= 15 is 0 Å². The molecule has 1 aliphatic heterocycles. The van der Waals surface area contributed by atoms with E-state index < -0.39 is 11.7 Å². The summed E-state index contributed by atoms with van der Waals surface area (Å²) in [5, 5.41) is 0. The van der Waals surface area contributed by atoms with E-state index in [9.17, 15) is 13.2 Å². The predicted octanol–water partition coefficient (Wildman–Crippen LogP) is 3.42. The lowest BCUT2D eigenvalue weighted by Gasteiger charge is -2.34. The largest absolute Gasteiger partial charge is 0.416 e. The number of benzene rings is 1. The molecule has 2 rings (SSSR count). The fourth-order valence-corrected chi connectivity index (χ4v) is 3.10. The van der Waals surface area contributed by atoms with E-state index in [1.807, 2.05) is 13.0 Å². The van der Waals surface area contributed by atoms with Gasteiger partial charge in [0.1, 0.15) is 0 Å². The Morgan fingerprint density at radius 2 is 1.62 bits per heavy atom. The predicted molar refractivity (Wildman–Crippen MR) is 89.0 cm³/mol. The van der Waals surface area contributed by atoms with Crippen LogP contribution in [-0.4, -0.2) is 56.2 Å². The Morgan fingerprint density at radius 3 is 2.21 bits per heavy atom. The standard InChI is InChI=1S/C18H27F3N2O/c1-3-4-15-11-16(13-17(12-15)18(19,20)21)14-23-7-5-22(6-8-23)9-10-24-2/h11-13H,3-10,14H2,1-2H3. The second-order valence-electron chi connectivity index (χ2n) is 6.40. The molecule has 0 radical (unpaired) electrons. The van der Waals surface area contributed by atoms with E-state index in [0.717, 1.165) is 50.3 Å². The average molecular weight is 344 g/mol. The van der Waals surface area contributed by atoms with E-state index in [0.29, 0.717) is 19.6 Å². The highest BCUT2D eigenvalue weighted by atomic mass is 19.4. The summed E-state index contributed by atoms with van der Waals surface area (Å²) in [7, 11) is 1.69. The van der Waals surface area contributed by atoms with Crippen molar-refractivity contribution >= 4 is 0 Å². The number of piperazine rings is 1. The zero-order valence-corrected chi connectivity index (χ0v) is 14.5. The summed E-state index contributed by atoms with van der Waals surface area (Å²) in [5.41, 5.74) is 1.02. The van der Waals surface area contributed by atoms with E-state index in [2.05, 4.69) is 9.80 Å². The lowest BCUT2D eigenvalue weighted by Crippen LogP contribution is -2.46. The lowest BCUT2D eigenvalue weighted by atomic mass is 10.0. The average Bonchev–Trinajstić information content (AvgIpc) is 2.53. The summed E-state index contributed by atoms with van der Waals surface area (Å²) >= 11 is 0. The van der Waals surface area contributed by atoms with Crippen molar-refractivity contribution in [2.75, 3.05) is 46.4 Å². The first kappa shape index (κ1) is 19.2. The number of hydrogen-bond donors (Lipinski definition) is 0. The Morgan fingerprint density at radius 1 is 1.00 bits per heavy atom. The van der Waals surface area contributed by atoms with E-state index in [1.165, 1.54) is 12.1 Å². The summed E-state index contributed by atoms with van der Waals surface area (Å²) in [6.07, 6.45) is -2.75. The molecule has 0 aliphatic carbocycles. The van der Waals surface area contributed by atoms with Gasteiger partial charge in [-0.3, -0.25) is 9.80 Å². The van der Waals surface area contributed by atoms with Gasteiger partial charge in [-0.05, 0) is 29.7 Å². The molecule has 3 nitrogen and oxygen atoms in total. The number of nitrogens with zero attached hydrogens (tertiary/aromatic N) is 2. The Kier molecular flexibility index (Phi) is 7.07. The van der Waals surface area contributed by atoms with Gasteiger partial charge in [0.15, 0.2) is 0 Å². The van der Waals surface area contributed by atoms with E-state index in [1.54, 1.807) is 7.11 Å². The van der Waals surface area contributed by atoms with Crippen LogP contribution in [0.3, 0.4) is 0 Å². The van der Waals surface area contributed by atoms with Crippen LogP contribution in [-0.2, 0) is 23.9 Å². The van der Waals surface area contributed by atoms with Gasteiger partial charge in [0.05, 0.1) is 12.2 Å². The molecule has 0 bridgehead atoms. The minimum atomic E-state index is -4.28. The van der Waals surface area contributed by atoms with Gasteiger partial charge in [-0.1, -0.05) is 19.4 Å². The third kappa shape index (κ3) is 5.76. The molecule has 24 heavy (non-hydrogen) atoms. The van der Waals surface area contributed by atoms with Crippen LogP contribution in [0.5, 0.6) is 0 Å². The number of aryl methyl sites for hydroxylation is 1. The van der Waals surface area contributed by atoms with Crippen molar-refractivity contribution < 1.29 is 17.9 Å². The first-order valence-corrected chi connectivity index (χ1v) is 8.56. The maximum atomic E-state index is 13.1. The Hall–Kier alpha value is -1.11. The van der Waals surface area contributed by atoms with Crippen LogP contribution in [0.25, 0.3) is 0 Å². The van der Waals surface area contributed by atoms with Gasteiger partial charge in [-0.2, -0.15) is 13.2 Å². The topological polar surface area (TPSA) is 15.7 Å². The van der Waals surface area contributed by atoms with Crippen molar-refractivity contribution in [3.63, 3.8) is 0 Å². The zero-order valence-electron chi connectivity index (χ0n) is 14.5. The second-order valence-corrected chi connectivity index (χ2v) is 6.40. The molecular weight excluding hydrogens is 317 g/mol. The SMILES string of the molecule is CCCc1cc(CN2CCN(CCOC)CC2)cc(C(F)(F)F)c1. The molecule has 1 saturated heterocycles. The number of hydrogen-bond acceptors (Lipinski definition) is 3. The highest BCUT2D eigenvalue weighted by Crippen LogP contribution is 2.31. The Bertz CT molecular complexity index is 511. The molecule has 0 aromatic heterocycles. The minimum absolute atomic E-state index is 0.526. The normalized spacial score (nSPS) is 17.4. The van der Waals surface area contributed by atoms with Crippen LogP contribution >= 0.6 is 0 Å². The highest BCUT2D eigenvalue weighted by molar-refractivity contribution is 5.32. The lowest BCUT2D eigenvalue weighted by molar-refractivity contribution is -0.137. The van der Waals surface area contributed by atoms with Gasteiger partial charge >= 0.3 is 6.18 Å². The number of methoxy groups -OCH3 is 1. The fraction of sp³-hybridized carbons (Fsp3) is 0.667. The number of halogens is 3. The summed E-state index contributed by atoms with van der Waals surface area (Å²) in [6, 6.07) is 4.52. The maximum Gasteiger partial charge on any atom is 0.416 e. The molecule has 0 unspecified atom stereocenters. The smallest absolute Gasteiger partial charge is 0.383 e. The van der Waals surface area contributed by atoms with Crippen molar-refractivity contribution in [1.29, 1.82) is 0 Å². The van der Waals surface area contributed by atoms with Gasteiger partial charge in [-0.15, -0.1) is 0 Å². The molecule has 1 aromatic carbocycles. The van der Waals surface area contributed by atoms with Gasteiger partial charge in [0.25, 0.3) is 0 Å². The molecule has 0 amide bonds. The zero-order chi connectivity index (χ0) is 17.6. The van der Waals surface area contributed by atoms with Crippen molar-refractivity contribution in [3.8, 4) is 0 Å². The van der Waals surface area contributed by atoms with Gasteiger partial charge in [-0.25, -0.2) is 0 Å². The van der Waals surface area contributed by atoms with Crippen LogP contribution in [0, 0.1) is 0 Å². The van der Waals surface area contributed by atoms with Crippen LogP contribution in [0.2, 0.25) is 0 Å². The molecule has 1 aliphatic rings. The van der Waals surface area contributed by atoms with Gasteiger partial charge in [0.2, 0.25) is 0 Å². The fourth-order valence-electron chi connectivity index (χ4n) is 3.10. The van der Waals surface area contributed by atoms with Crippen LogP contribution < -0.4 is 0 Å². The third-order valence-corrected chi connectivity index (χ3v) is 4.40. The molecule has 0 spiro atoms. The molecule has 0 saturated carbocycles. The molecule has 0 N–H and O–H groups in total. The van der Waals surface area contributed by atoms with Crippen molar-refractivity contribution in [2.45, 2.75) is 32.5 Å². The molecule has 0 atom stereocenters. The first-order chi connectivity index (χ1) is 11.4. The van der Waals surface area contributed by atoms with E-state index in [4.69, 9.17) is 4.74 Å². The first-order valence-electron chi connectivity index (χ1n) is 8.56. The summed E-state index contributed by atoms with van der Waals surface area (Å²) in [6.45, 7) is 7.82. The van der Waals surface area contributed by atoms with Crippen molar-refractivity contribution in [3.05, 3.63) is 34.9 Å². The Labute approximate surface area is 142 Å². The van der Waals surface area contributed by atoms with Crippen LogP contribution in [0.1, 0.15) is 30.0 Å². The summed E-state index contributed by atoms with van der Waals surface area (Å²) in [4.78, 5) is 4.56. The molecule has 1 heterocycles. The third-order valence-electron chi connectivity index (χ3n) is 4.40. The number of ether oxygens (including phenoxy) is 1. The molecule has 1 aromatic rings. The monoisotopic (exact) mass is 344 g/mol. The number of alkyl halides is 3. The summed E-state index contributed by atoms with van der Waals surface area (Å²) in [5.74, 6) is 0. The van der Waals surface area contributed by atoms with E-state index in [-0.39, 0.29) is 0 Å². The Balaban J connectivity index is 2.00. The molecule has 136 valence electrons. The summed E-state index contributed by atoms with van der Waals surface area (Å²) < 4.78 is 44.4. The second kappa shape index (κ2) is 8.83. The maximum absolute atomic E-state index is 13.1. The quantitative estimate of drug-likeness (QED) is 0.754. The van der Waals surface area contributed by atoms with Gasteiger partial charge < -0.3 is 4.74 Å². The highest BCUT2D eigenvalue weighted by Gasteiger charge is 2.31.